The predicted octanol–water partition coefficient (Wildman–Crippen LogP) is 3.80. The van der Waals surface area contributed by atoms with Gasteiger partial charge in [-0.3, -0.25) is 0 Å². The van der Waals surface area contributed by atoms with Gasteiger partial charge in [0.25, 0.3) is 0 Å². The lowest BCUT2D eigenvalue weighted by molar-refractivity contribution is 0.480. The van der Waals surface area contributed by atoms with Gasteiger partial charge in [0.05, 0.1) is 0 Å². The normalized spacial score (nSPS) is 12.7. The Hall–Kier alpha value is -0.920. The molecule has 0 spiro atoms. The van der Waals surface area contributed by atoms with E-state index in [-0.39, 0.29) is 0 Å². The van der Waals surface area contributed by atoms with Crippen LogP contribution in [0.4, 0.5) is 0 Å². The van der Waals surface area contributed by atoms with Crippen LogP contribution in [-0.2, 0) is 12.8 Å². The van der Waals surface area contributed by atoms with Gasteiger partial charge in [-0.05, 0) is 24.8 Å². The highest BCUT2D eigenvalue weighted by Gasteiger charge is 2.04. The molecule has 1 atom stereocenters. The average Bonchev–Trinajstić information content (AvgIpc) is 2.28. The van der Waals surface area contributed by atoms with E-state index >= 15 is 0 Å². The van der Waals surface area contributed by atoms with Gasteiger partial charge in [-0.15, -0.1) is 0 Å². The van der Waals surface area contributed by atoms with Gasteiger partial charge in [0.2, 0.25) is 0 Å². The fourth-order valence-electron chi connectivity index (χ4n) is 1.97. The fourth-order valence-corrected chi connectivity index (χ4v) is 1.97. The van der Waals surface area contributed by atoms with E-state index in [1.54, 1.807) is 0 Å². The molecule has 0 fully saturated rings. The van der Waals surface area contributed by atoms with Gasteiger partial charge in [-0.1, -0.05) is 40.0 Å². The van der Waals surface area contributed by atoms with Crippen LogP contribution in [-0.4, -0.2) is 9.97 Å². The van der Waals surface area contributed by atoms with Crippen molar-refractivity contribution < 1.29 is 0 Å². The molecule has 2 heteroatoms. The van der Waals surface area contributed by atoms with Crippen LogP contribution < -0.4 is 0 Å². The van der Waals surface area contributed by atoms with Crippen molar-refractivity contribution in [2.24, 2.45) is 5.92 Å². The summed E-state index contributed by atoms with van der Waals surface area (Å²) >= 11 is 0. The fraction of sp³-hybridized carbons (Fsp3) is 0.714. The Bertz CT molecular complexity index is 297. The standard InChI is InChI=1S/C14H24N2/c1-4-6-12(3)8-9-14-15-11-10-13(16-14)7-5-2/h10-12H,4-9H2,1-3H3. The SMILES string of the molecule is CCCc1ccnc(CCC(C)CCC)n1. The van der Waals surface area contributed by atoms with Gasteiger partial charge in [0, 0.05) is 18.3 Å². The Morgan fingerprint density at radius 2 is 1.94 bits per heavy atom. The summed E-state index contributed by atoms with van der Waals surface area (Å²) in [7, 11) is 0. The quantitative estimate of drug-likeness (QED) is 0.698. The minimum absolute atomic E-state index is 0.795. The molecule has 0 N–H and O–H groups in total. The third-order valence-corrected chi connectivity index (χ3v) is 2.91. The second-order valence-corrected chi connectivity index (χ2v) is 4.65. The second kappa shape index (κ2) is 7.37. The monoisotopic (exact) mass is 220 g/mol. The summed E-state index contributed by atoms with van der Waals surface area (Å²) in [5.41, 5.74) is 1.19. The highest BCUT2D eigenvalue weighted by molar-refractivity contribution is 5.02. The minimum Gasteiger partial charge on any atom is -0.241 e. The molecule has 0 saturated carbocycles. The van der Waals surface area contributed by atoms with Crippen molar-refractivity contribution in [1.82, 2.24) is 9.97 Å². The molecule has 16 heavy (non-hydrogen) atoms. The molecule has 2 nitrogen and oxygen atoms in total. The van der Waals surface area contributed by atoms with Crippen molar-refractivity contribution in [3.63, 3.8) is 0 Å². The summed E-state index contributed by atoms with van der Waals surface area (Å²) in [5, 5.41) is 0. The zero-order valence-corrected chi connectivity index (χ0v) is 10.9. The Kier molecular flexibility index (Phi) is 6.05. The molecular formula is C14H24N2. The highest BCUT2D eigenvalue weighted by atomic mass is 14.9. The Morgan fingerprint density at radius 1 is 1.12 bits per heavy atom. The third kappa shape index (κ3) is 4.73. The molecule has 0 bridgehead atoms. The molecule has 0 radical (unpaired) electrons. The van der Waals surface area contributed by atoms with Gasteiger partial charge in [0.1, 0.15) is 5.82 Å². The first kappa shape index (κ1) is 13.1. The number of hydrogen-bond acceptors (Lipinski definition) is 2. The number of aryl methyl sites for hydroxylation is 2. The van der Waals surface area contributed by atoms with Crippen LogP contribution >= 0.6 is 0 Å². The van der Waals surface area contributed by atoms with Crippen LogP contribution in [0.25, 0.3) is 0 Å². The van der Waals surface area contributed by atoms with Gasteiger partial charge in [-0.2, -0.15) is 0 Å². The van der Waals surface area contributed by atoms with E-state index in [2.05, 4.69) is 30.7 Å². The molecule has 1 aromatic heterocycles. The van der Waals surface area contributed by atoms with Gasteiger partial charge in [-0.25, -0.2) is 9.97 Å². The maximum atomic E-state index is 4.58. The van der Waals surface area contributed by atoms with E-state index < -0.39 is 0 Å². The maximum Gasteiger partial charge on any atom is 0.128 e. The van der Waals surface area contributed by atoms with Crippen molar-refractivity contribution in [3.05, 3.63) is 23.8 Å². The van der Waals surface area contributed by atoms with E-state index in [4.69, 9.17) is 0 Å². The lowest BCUT2D eigenvalue weighted by atomic mass is 10.0. The van der Waals surface area contributed by atoms with Crippen LogP contribution in [0.15, 0.2) is 12.3 Å². The third-order valence-electron chi connectivity index (χ3n) is 2.91. The molecule has 0 saturated heterocycles. The second-order valence-electron chi connectivity index (χ2n) is 4.65. The zero-order chi connectivity index (χ0) is 11.8. The molecule has 1 rings (SSSR count). The number of rotatable bonds is 7. The van der Waals surface area contributed by atoms with Gasteiger partial charge >= 0.3 is 0 Å². The Morgan fingerprint density at radius 3 is 2.62 bits per heavy atom. The molecule has 0 amide bonds. The summed E-state index contributed by atoms with van der Waals surface area (Å²) in [6.07, 6.45) is 8.95. The molecular weight excluding hydrogens is 196 g/mol. The molecule has 0 aliphatic carbocycles. The van der Waals surface area contributed by atoms with Gasteiger partial charge in [0.15, 0.2) is 0 Å². The molecule has 1 aromatic rings. The van der Waals surface area contributed by atoms with Crippen molar-refractivity contribution in [2.75, 3.05) is 0 Å². The summed E-state index contributed by atoms with van der Waals surface area (Å²) < 4.78 is 0. The molecule has 1 heterocycles. The molecule has 1 unspecified atom stereocenters. The Balaban J connectivity index is 2.44. The first-order valence-corrected chi connectivity index (χ1v) is 6.57. The first-order valence-electron chi connectivity index (χ1n) is 6.57. The molecule has 0 aliphatic rings. The first-order chi connectivity index (χ1) is 7.76. The summed E-state index contributed by atoms with van der Waals surface area (Å²) in [4.78, 5) is 8.93. The lowest BCUT2D eigenvalue weighted by Gasteiger charge is -2.09. The predicted molar refractivity (Wildman–Crippen MR) is 68.4 cm³/mol. The van der Waals surface area contributed by atoms with Gasteiger partial charge < -0.3 is 0 Å². The van der Waals surface area contributed by atoms with Crippen molar-refractivity contribution >= 4 is 0 Å². The molecule has 0 aromatic carbocycles. The number of hydrogen-bond donors (Lipinski definition) is 0. The summed E-state index contributed by atoms with van der Waals surface area (Å²) in [6.45, 7) is 6.75. The van der Waals surface area contributed by atoms with E-state index in [0.717, 1.165) is 31.0 Å². The topological polar surface area (TPSA) is 25.8 Å². The van der Waals surface area contributed by atoms with Crippen LogP contribution in [0, 0.1) is 5.92 Å². The average molecular weight is 220 g/mol. The number of aromatic nitrogens is 2. The van der Waals surface area contributed by atoms with E-state index in [0.29, 0.717) is 0 Å². The largest absolute Gasteiger partial charge is 0.241 e. The van der Waals surface area contributed by atoms with Crippen LogP contribution in [0.2, 0.25) is 0 Å². The van der Waals surface area contributed by atoms with Crippen LogP contribution in [0.1, 0.15) is 58.0 Å². The van der Waals surface area contributed by atoms with Crippen molar-refractivity contribution in [1.29, 1.82) is 0 Å². The van der Waals surface area contributed by atoms with E-state index in [1.165, 1.54) is 25.0 Å². The molecule has 90 valence electrons. The number of nitrogens with zero attached hydrogens (tertiary/aromatic N) is 2. The summed E-state index contributed by atoms with van der Waals surface area (Å²) in [5.74, 6) is 1.82. The van der Waals surface area contributed by atoms with E-state index in [9.17, 15) is 0 Å². The summed E-state index contributed by atoms with van der Waals surface area (Å²) in [6, 6.07) is 2.03. The zero-order valence-electron chi connectivity index (χ0n) is 10.9. The highest BCUT2D eigenvalue weighted by Crippen LogP contribution is 2.12. The van der Waals surface area contributed by atoms with Crippen molar-refractivity contribution in [3.8, 4) is 0 Å². The minimum atomic E-state index is 0.795. The van der Waals surface area contributed by atoms with E-state index in [1.807, 2.05) is 12.3 Å². The Labute approximate surface area is 99.5 Å². The van der Waals surface area contributed by atoms with Crippen LogP contribution in [0.3, 0.4) is 0 Å². The van der Waals surface area contributed by atoms with Crippen molar-refractivity contribution in [2.45, 2.75) is 59.3 Å². The molecule has 0 aliphatic heterocycles. The maximum absolute atomic E-state index is 4.58. The lowest BCUT2D eigenvalue weighted by Crippen LogP contribution is -2.02. The van der Waals surface area contributed by atoms with Crippen LogP contribution in [0.5, 0.6) is 0 Å². The smallest absolute Gasteiger partial charge is 0.128 e.